The molecule has 0 aliphatic carbocycles. The van der Waals surface area contributed by atoms with Crippen LogP contribution in [0.25, 0.3) is 11.0 Å². The Kier molecular flexibility index (Phi) is 2.82. The van der Waals surface area contributed by atoms with E-state index in [0.29, 0.717) is 11.3 Å². The maximum absolute atomic E-state index is 11.5. The topological polar surface area (TPSA) is 93.5 Å². The van der Waals surface area contributed by atoms with Crippen LogP contribution in [-0.2, 0) is 9.84 Å². The maximum atomic E-state index is 11.5. The molecule has 0 aliphatic heterocycles. The van der Waals surface area contributed by atoms with Gasteiger partial charge in [-0.15, -0.1) is 0 Å². The van der Waals surface area contributed by atoms with Gasteiger partial charge in [-0.3, -0.25) is 0 Å². The molecule has 0 saturated heterocycles. The van der Waals surface area contributed by atoms with Gasteiger partial charge in [0.15, 0.2) is 9.84 Å². The fraction of sp³-hybridized carbons (Fsp3) is 0.250. The number of hydrogen-bond acceptors (Lipinski definition) is 5. The molecule has 0 fully saturated rings. The van der Waals surface area contributed by atoms with Gasteiger partial charge in [-0.1, -0.05) is 0 Å². The van der Waals surface area contributed by atoms with Gasteiger partial charge in [-0.25, -0.2) is 23.1 Å². The van der Waals surface area contributed by atoms with Gasteiger partial charge in [0.05, 0.1) is 15.9 Å². The lowest BCUT2D eigenvalue weighted by atomic mass is 10.3. The highest BCUT2D eigenvalue weighted by Gasteiger charge is 2.15. The van der Waals surface area contributed by atoms with Crippen molar-refractivity contribution in [3.8, 4) is 0 Å². The molecule has 1 unspecified atom stereocenters. The molecule has 1 atom stereocenters. The van der Waals surface area contributed by atoms with Gasteiger partial charge in [0, 0.05) is 6.26 Å². The minimum atomic E-state index is -3.22. The van der Waals surface area contributed by atoms with Crippen molar-refractivity contribution in [2.45, 2.75) is 17.9 Å². The highest BCUT2D eigenvalue weighted by Crippen LogP contribution is 2.21. The zero-order valence-corrected chi connectivity index (χ0v) is 11.8. The summed E-state index contributed by atoms with van der Waals surface area (Å²) in [5, 5.41) is 4.07. The first-order valence-electron chi connectivity index (χ1n) is 5.99. The Morgan fingerprint density at radius 3 is 2.80 bits per heavy atom. The Labute approximate surface area is 115 Å². The van der Waals surface area contributed by atoms with Crippen LogP contribution in [0.15, 0.2) is 35.7 Å². The summed E-state index contributed by atoms with van der Waals surface area (Å²) in [5.41, 5.74) is 1.41. The second kappa shape index (κ2) is 4.41. The Hall–Kier alpha value is -2.22. The number of aromatic nitrogens is 5. The van der Waals surface area contributed by atoms with Crippen LogP contribution in [0.4, 0.5) is 0 Å². The summed E-state index contributed by atoms with van der Waals surface area (Å²) in [6, 6.07) is 4.74. The van der Waals surface area contributed by atoms with E-state index in [2.05, 4.69) is 20.1 Å². The van der Waals surface area contributed by atoms with Crippen LogP contribution in [0, 0.1) is 0 Å². The summed E-state index contributed by atoms with van der Waals surface area (Å²) >= 11 is 0. The lowest BCUT2D eigenvalue weighted by Crippen LogP contribution is -2.08. The molecule has 1 N–H and O–H groups in total. The van der Waals surface area contributed by atoms with Crippen LogP contribution >= 0.6 is 0 Å². The van der Waals surface area contributed by atoms with E-state index in [1.165, 1.54) is 12.6 Å². The van der Waals surface area contributed by atoms with Gasteiger partial charge < -0.3 is 4.98 Å². The lowest BCUT2D eigenvalue weighted by molar-refractivity contribution is 0.541. The molecule has 8 heteroatoms. The van der Waals surface area contributed by atoms with Crippen molar-refractivity contribution in [2.24, 2.45) is 0 Å². The third-order valence-electron chi connectivity index (χ3n) is 3.13. The smallest absolute Gasteiger partial charge is 0.175 e. The largest absolute Gasteiger partial charge is 0.340 e. The van der Waals surface area contributed by atoms with Crippen LogP contribution in [0.3, 0.4) is 0 Å². The van der Waals surface area contributed by atoms with E-state index in [9.17, 15) is 8.42 Å². The van der Waals surface area contributed by atoms with Crippen molar-refractivity contribution >= 4 is 20.9 Å². The predicted molar refractivity (Wildman–Crippen MR) is 73.0 cm³/mol. The molecule has 0 spiro atoms. The minimum absolute atomic E-state index is 0.105. The molecule has 0 radical (unpaired) electrons. The van der Waals surface area contributed by atoms with E-state index in [4.69, 9.17) is 0 Å². The summed E-state index contributed by atoms with van der Waals surface area (Å²) in [5.74, 6) is 0.705. The Balaban J connectivity index is 2.07. The van der Waals surface area contributed by atoms with Gasteiger partial charge >= 0.3 is 0 Å². The summed E-state index contributed by atoms with van der Waals surface area (Å²) in [6.45, 7) is 1.93. The standard InChI is InChI=1S/C12H13N5O2S/c1-8(17-7-13-6-14-17)12-15-10-4-3-9(20(2,18)19)5-11(10)16-12/h3-8H,1-2H3,(H,15,16). The van der Waals surface area contributed by atoms with Gasteiger partial charge in [0.1, 0.15) is 24.5 Å². The summed E-state index contributed by atoms with van der Waals surface area (Å²) < 4.78 is 24.8. The number of H-pyrrole nitrogens is 1. The Morgan fingerprint density at radius 2 is 2.15 bits per heavy atom. The van der Waals surface area contributed by atoms with Crippen LogP contribution in [0.2, 0.25) is 0 Å². The van der Waals surface area contributed by atoms with Crippen LogP contribution in [0.1, 0.15) is 18.8 Å². The number of nitrogens with zero attached hydrogens (tertiary/aromatic N) is 4. The molecule has 0 aliphatic rings. The van der Waals surface area contributed by atoms with E-state index in [-0.39, 0.29) is 10.9 Å². The number of imidazole rings is 1. The van der Waals surface area contributed by atoms with Crippen LogP contribution in [-0.4, -0.2) is 39.4 Å². The zero-order chi connectivity index (χ0) is 14.3. The number of aromatic amines is 1. The monoisotopic (exact) mass is 291 g/mol. The maximum Gasteiger partial charge on any atom is 0.175 e. The highest BCUT2D eigenvalue weighted by molar-refractivity contribution is 7.90. The predicted octanol–water partition coefficient (Wildman–Crippen LogP) is 1.17. The molecule has 104 valence electrons. The molecule has 3 rings (SSSR count). The third kappa shape index (κ3) is 2.18. The van der Waals surface area contributed by atoms with Gasteiger partial charge in [-0.2, -0.15) is 5.10 Å². The first-order valence-corrected chi connectivity index (χ1v) is 7.88. The number of rotatable bonds is 3. The summed E-state index contributed by atoms with van der Waals surface area (Å²) in [7, 11) is -3.22. The van der Waals surface area contributed by atoms with E-state index in [1.54, 1.807) is 29.2 Å². The van der Waals surface area contributed by atoms with Crippen molar-refractivity contribution in [1.82, 2.24) is 24.7 Å². The van der Waals surface area contributed by atoms with Crippen molar-refractivity contribution in [2.75, 3.05) is 6.26 Å². The first kappa shape index (κ1) is 12.8. The Morgan fingerprint density at radius 1 is 1.35 bits per heavy atom. The molecule has 20 heavy (non-hydrogen) atoms. The summed E-state index contributed by atoms with van der Waals surface area (Å²) in [6.07, 6.45) is 4.25. The van der Waals surface area contributed by atoms with Crippen molar-refractivity contribution in [3.63, 3.8) is 0 Å². The fourth-order valence-electron chi connectivity index (χ4n) is 1.98. The first-order chi connectivity index (χ1) is 9.45. The second-order valence-corrected chi connectivity index (χ2v) is 6.64. The fourth-order valence-corrected chi connectivity index (χ4v) is 2.63. The number of benzene rings is 1. The molecule has 0 bridgehead atoms. The van der Waals surface area contributed by atoms with E-state index < -0.39 is 9.84 Å². The van der Waals surface area contributed by atoms with Gasteiger partial charge in [0.25, 0.3) is 0 Å². The third-order valence-corrected chi connectivity index (χ3v) is 4.24. The lowest BCUT2D eigenvalue weighted by Gasteiger charge is -2.06. The van der Waals surface area contributed by atoms with Crippen molar-refractivity contribution in [3.05, 3.63) is 36.7 Å². The SMILES string of the molecule is CC(c1nc2ccc(S(C)(=O)=O)cc2[nH]1)n1cncn1. The second-order valence-electron chi connectivity index (χ2n) is 4.62. The zero-order valence-electron chi connectivity index (χ0n) is 11.0. The average Bonchev–Trinajstić information content (AvgIpc) is 3.05. The summed E-state index contributed by atoms with van der Waals surface area (Å²) in [4.78, 5) is 11.8. The van der Waals surface area contributed by atoms with Gasteiger partial charge in [-0.05, 0) is 25.1 Å². The minimum Gasteiger partial charge on any atom is -0.340 e. The molecule has 0 saturated carbocycles. The average molecular weight is 291 g/mol. The molecule has 1 aromatic carbocycles. The molecular formula is C12H13N5O2S. The van der Waals surface area contributed by atoms with E-state index in [1.807, 2.05) is 6.92 Å². The number of sulfone groups is 1. The number of fused-ring (bicyclic) bond motifs is 1. The molecule has 0 amide bonds. The van der Waals surface area contributed by atoms with Crippen molar-refractivity contribution < 1.29 is 8.42 Å². The van der Waals surface area contributed by atoms with Crippen molar-refractivity contribution in [1.29, 1.82) is 0 Å². The molecular weight excluding hydrogens is 278 g/mol. The normalized spacial score (nSPS) is 13.7. The molecule has 2 heterocycles. The molecule has 7 nitrogen and oxygen atoms in total. The number of nitrogens with one attached hydrogen (secondary N) is 1. The van der Waals surface area contributed by atoms with Gasteiger partial charge in [0.2, 0.25) is 0 Å². The van der Waals surface area contributed by atoms with E-state index in [0.717, 1.165) is 5.52 Å². The van der Waals surface area contributed by atoms with Crippen LogP contribution < -0.4 is 0 Å². The number of hydrogen-bond donors (Lipinski definition) is 1. The molecule has 3 aromatic rings. The highest BCUT2D eigenvalue weighted by atomic mass is 32.2. The Bertz CT molecular complexity index is 851. The quantitative estimate of drug-likeness (QED) is 0.781. The van der Waals surface area contributed by atoms with E-state index >= 15 is 0 Å². The molecule has 2 aromatic heterocycles. The van der Waals surface area contributed by atoms with Crippen LogP contribution in [0.5, 0.6) is 0 Å².